The molecule has 0 bridgehead atoms. The van der Waals surface area contributed by atoms with Crippen molar-refractivity contribution in [1.82, 2.24) is 9.88 Å². The zero-order valence-electron chi connectivity index (χ0n) is 20.7. The van der Waals surface area contributed by atoms with Crippen LogP contribution in [0.3, 0.4) is 0 Å². The lowest BCUT2D eigenvalue weighted by molar-refractivity contribution is -0.116. The second kappa shape index (κ2) is 10.6. The topological polar surface area (TPSA) is 93.9 Å². The van der Waals surface area contributed by atoms with E-state index in [2.05, 4.69) is 10.3 Å². The fraction of sp³-hybridized carbons (Fsp3) is 0.207. The molecule has 1 aliphatic heterocycles. The van der Waals surface area contributed by atoms with Gasteiger partial charge in [-0.3, -0.25) is 9.59 Å². The van der Waals surface area contributed by atoms with E-state index >= 15 is 0 Å². The van der Waals surface area contributed by atoms with E-state index < -0.39 is 0 Å². The molecule has 0 saturated heterocycles. The van der Waals surface area contributed by atoms with Gasteiger partial charge in [-0.05, 0) is 38.1 Å². The van der Waals surface area contributed by atoms with Crippen molar-refractivity contribution in [1.29, 1.82) is 0 Å². The Kier molecular flexibility index (Phi) is 6.89. The van der Waals surface area contributed by atoms with Crippen LogP contribution in [0.4, 0.5) is 5.69 Å². The molecule has 1 aromatic heterocycles. The first-order valence-corrected chi connectivity index (χ1v) is 12.1. The van der Waals surface area contributed by atoms with Gasteiger partial charge in [-0.25, -0.2) is 4.98 Å². The van der Waals surface area contributed by atoms with Crippen LogP contribution in [-0.4, -0.2) is 48.0 Å². The molecule has 8 heteroatoms. The molecular formula is C29H27N3O5. The van der Waals surface area contributed by atoms with Gasteiger partial charge in [-0.15, -0.1) is 0 Å². The van der Waals surface area contributed by atoms with E-state index in [1.807, 2.05) is 44.2 Å². The van der Waals surface area contributed by atoms with E-state index in [0.29, 0.717) is 59.7 Å². The fourth-order valence-corrected chi connectivity index (χ4v) is 4.10. The molecule has 5 rings (SSSR count). The normalized spacial score (nSPS) is 12.2. The minimum Gasteiger partial charge on any atom is -0.486 e. The third-order valence-electron chi connectivity index (χ3n) is 6.06. The number of aryl methyl sites for hydroxylation is 1. The van der Waals surface area contributed by atoms with Crippen LogP contribution < -0.4 is 14.8 Å². The van der Waals surface area contributed by atoms with Gasteiger partial charge in [0.2, 0.25) is 11.8 Å². The number of rotatable bonds is 7. The fourth-order valence-electron chi connectivity index (χ4n) is 4.10. The number of ether oxygens (including phenoxy) is 2. The van der Waals surface area contributed by atoms with Gasteiger partial charge in [0.05, 0.1) is 11.8 Å². The molecule has 0 fully saturated rings. The van der Waals surface area contributed by atoms with Crippen molar-refractivity contribution in [3.8, 4) is 34.3 Å². The van der Waals surface area contributed by atoms with Crippen molar-refractivity contribution in [3.63, 3.8) is 0 Å². The quantitative estimate of drug-likeness (QED) is 0.378. The summed E-state index contributed by atoms with van der Waals surface area (Å²) < 4.78 is 17.1. The number of aromatic nitrogens is 1. The van der Waals surface area contributed by atoms with Crippen LogP contribution >= 0.6 is 0 Å². The zero-order chi connectivity index (χ0) is 25.8. The first kappa shape index (κ1) is 24.1. The molecule has 0 unspecified atom stereocenters. The highest BCUT2D eigenvalue weighted by Crippen LogP contribution is 2.33. The number of fused-ring (bicyclic) bond motifs is 1. The molecule has 0 atom stereocenters. The SMILES string of the molecule is CCN(CC(=O)Nc1ccc2c(c1)OCCO2)C(=O)c1ccccc1-c1ncc(-c2ccc(C)cc2)o1. The number of oxazole rings is 1. The molecule has 0 aliphatic carbocycles. The molecule has 8 nitrogen and oxygen atoms in total. The van der Waals surface area contributed by atoms with Crippen molar-refractivity contribution in [2.75, 3.05) is 31.6 Å². The molecule has 2 amide bonds. The van der Waals surface area contributed by atoms with Crippen LogP contribution in [0.5, 0.6) is 11.5 Å². The van der Waals surface area contributed by atoms with Crippen LogP contribution in [-0.2, 0) is 4.79 Å². The standard InChI is InChI=1S/C29H27N3O5/c1-3-32(18-27(33)31-21-12-13-24-25(16-21)36-15-14-35-24)29(34)23-7-5-4-6-22(23)28-30-17-26(37-28)20-10-8-19(2)9-11-20/h4-13,16-17H,3,14-15,18H2,1-2H3,(H,31,33). The summed E-state index contributed by atoms with van der Waals surface area (Å²) in [5.41, 5.74) is 3.60. The second-order valence-electron chi connectivity index (χ2n) is 8.67. The van der Waals surface area contributed by atoms with Crippen molar-refractivity contribution in [2.24, 2.45) is 0 Å². The Morgan fingerprint density at radius 3 is 2.51 bits per heavy atom. The van der Waals surface area contributed by atoms with Gasteiger partial charge in [0.1, 0.15) is 19.8 Å². The minimum atomic E-state index is -0.317. The third kappa shape index (κ3) is 5.33. The summed E-state index contributed by atoms with van der Waals surface area (Å²) in [4.78, 5) is 32.2. The maximum absolute atomic E-state index is 13.5. The lowest BCUT2D eigenvalue weighted by atomic mass is 10.1. The first-order chi connectivity index (χ1) is 18.0. The van der Waals surface area contributed by atoms with Gasteiger partial charge in [-0.1, -0.05) is 42.0 Å². The summed E-state index contributed by atoms with van der Waals surface area (Å²) in [6.07, 6.45) is 1.65. The van der Waals surface area contributed by atoms with Gasteiger partial charge in [0, 0.05) is 29.4 Å². The van der Waals surface area contributed by atoms with E-state index in [0.717, 1.165) is 11.1 Å². The van der Waals surface area contributed by atoms with Crippen LogP contribution in [0, 0.1) is 6.92 Å². The van der Waals surface area contributed by atoms with E-state index in [-0.39, 0.29) is 18.4 Å². The predicted molar refractivity (Wildman–Crippen MR) is 140 cm³/mol. The van der Waals surface area contributed by atoms with Gasteiger partial charge >= 0.3 is 0 Å². The average Bonchev–Trinajstić information content (AvgIpc) is 3.42. The molecular weight excluding hydrogens is 470 g/mol. The Bertz CT molecular complexity index is 1430. The molecule has 0 saturated carbocycles. The summed E-state index contributed by atoms with van der Waals surface area (Å²) in [6, 6.07) is 20.3. The first-order valence-electron chi connectivity index (χ1n) is 12.1. The third-order valence-corrected chi connectivity index (χ3v) is 6.06. The number of anilines is 1. The van der Waals surface area contributed by atoms with Crippen molar-refractivity contribution in [3.05, 3.63) is 84.1 Å². The highest BCUT2D eigenvalue weighted by atomic mass is 16.6. The summed E-state index contributed by atoms with van der Waals surface area (Å²) in [5, 5.41) is 2.84. The molecule has 188 valence electrons. The Balaban J connectivity index is 1.32. The molecule has 3 aromatic carbocycles. The van der Waals surface area contributed by atoms with Gasteiger partial charge < -0.3 is 24.1 Å². The van der Waals surface area contributed by atoms with Crippen molar-refractivity contribution < 1.29 is 23.5 Å². The summed E-state index contributed by atoms with van der Waals surface area (Å²) >= 11 is 0. The molecule has 2 heterocycles. The maximum Gasteiger partial charge on any atom is 0.255 e. The van der Waals surface area contributed by atoms with Crippen LogP contribution in [0.15, 0.2) is 77.3 Å². The highest BCUT2D eigenvalue weighted by molar-refractivity contribution is 6.03. The number of benzene rings is 3. The van der Waals surface area contributed by atoms with Gasteiger partial charge in [0.25, 0.3) is 5.91 Å². The predicted octanol–water partition coefficient (Wildman–Crippen LogP) is 5.19. The number of likely N-dealkylation sites (N-methyl/N-ethyl adjacent to an activating group) is 1. The summed E-state index contributed by atoms with van der Waals surface area (Å²) in [5.74, 6) is 1.58. The molecule has 4 aromatic rings. The number of carbonyl (C=O) groups excluding carboxylic acids is 2. The van der Waals surface area contributed by atoms with Crippen LogP contribution in [0.2, 0.25) is 0 Å². The minimum absolute atomic E-state index is 0.113. The van der Waals surface area contributed by atoms with E-state index in [1.165, 1.54) is 4.90 Å². The Hall–Kier alpha value is -4.59. The van der Waals surface area contributed by atoms with Crippen LogP contribution in [0.1, 0.15) is 22.8 Å². The van der Waals surface area contributed by atoms with Crippen molar-refractivity contribution in [2.45, 2.75) is 13.8 Å². The maximum atomic E-state index is 13.5. The Morgan fingerprint density at radius 2 is 1.73 bits per heavy atom. The smallest absolute Gasteiger partial charge is 0.255 e. The van der Waals surface area contributed by atoms with Crippen molar-refractivity contribution >= 4 is 17.5 Å². The lowest BCUT2D eigenvalue weighted by Crippen LogP contribution is -2.38. The summed E-state index contributed by atoms with van der Waals surface area (Å²) in [6.45, 7) is 5.04. The average molecular weight is 498 g/mol. The molecule has 0 spiro atoms. The van der Waals surface area contributed by atoms with Crippen LogP contribution in [0.25, 0.3) is 22.8 Å². The monoisotopic (exact) mass is 497 g/mol. The molecule has 37 heavy (non-hydrogen) atoms. The molecule has 0 radical (unpaired) electrons. The lowest BCUT2D eigenvalue weighted by Gasteiger charge is -2.22. The number of hydrogen-bond donors (Lipinski definition) is 1. The number of nitrogens with zero attached hydrogens (tertiary/aromatic N) is 2. The van der Waals surface area contributed by atoms with E-state index in [1.54, 1.807) is 42.6 Å². The van der Waals surface area contributed by atoms with Gasteiger partial charge in [-0.2, -0.15) is 0 Å². The zero-order valence-corrected chi connectivity index (χ0v) is 20.7. The Labute approximate surface area is 214 Å². The summed E-state index contributed by atoms with van der Waals surface area (Å²) in [7, 11) is 0. The largest absolute Gasteiger partial charge is 0.486 e. The molecule has 1 aliphatic rings. The highest BCUT2D eigenvalue weighted by Gasteiger charge is 2.23. The number of nitrogens with one attached hydrogen (secondary N) is 1. The van der Waals surface area contributed by atoms with E-state index in [9.17, 15) is 9.59 Å². The van der Waals surface area contributed by atoms with E-state index in [4.69, 9.17) is 13.9 Å². The molecule has 1 N–H and O–H groups in total. The number of carbonyl (C=O) groups is 2. The second-order valence-corrected chi connectivity index (χ2v) is 8.67. The number of hydrogen-bond acceptors (Lipinski definition) is 6. The van der Waals surface area contributed by atoms with Gasteiger partial charge in [0.15, 0.2) is 17.3 Å². The number of amides is 2. The Morgan fingerprint density at radius 1 is 0.973 bits per heavy atom.